The topological polar surface area (TPSA) is 49.9 Å². The Bertz CT molecular complexity index is 960. The van der Waals surface area contributed by atoms with E-state index in [0.717, 1.165) is 31.0 Å². The highest BCUT2D eigenvalue weighted by molar-refractivity contribution is 5.97. The van der Waals surface area contributed by atoms with E-state index in [2.05, 4.69) is 13.8 Å². The number of ether oxygens (including phenoxy) is 1. The number of amides is 2. The average Bonchev–Trinajstić information content (AvgIpc) is 2.77. The fourth-order valence-electron chi connectivity index (χ4n) is 4.19. The fraction of sp³-hybridized carbons (Fsp3) is 0.462. The lowest BCUT2D eigenvalue weighted by Gasteiger charge is -2.33. The van der Waals surface area contributed by atoms with E-state index >= 15 is 0 Å². The van der Waals surface area contributed by atoms with Crippen LogP contribution >= 0.6 is 0 Å². The molecule has 3 rings (SSSR count). The van der Waals surface area contributed by atoms with Gasteiger partial charge in [-0.15, -0.1) is 0 Å². The molecule has 0 aliphatic carbocycles. The van der Waals surface area contributed by atoms with E-state index in [-0.39, 0.29) is 30.0 Å². The van der Waals surface area contributed by atoms with Crippen LogP contribution < -0.4 is 4.74 Å². The second-order valence-corrected chi connectivity index (χ2v) is 9.03. The normalized spacial score (nSPS) is 18.1. The number of carbonyl (C=O) groups is 2. The number of benzene rings is 2. The van der Waals surface area contributed by atoms with Crippen LogP contribution in [0.5, 0.6) is 5.75 Å². The van der Waals surface area contributed by atoms with Gasteiger partial charge in [0.2, 0.25) is 0 Å². The van der Waals surface area contributed by atoms with Crippen molar-refractivity contribution < 1.29 is 23.1 Å². The Balaban J connectivity index is 1.96. The first-order valence-electron chi connectivity index (χ1n) is 11.5. The minimum Gasteiger partial charge on any atom is -0.491 e. The smallest absolute Gasteiger partial charge is 0.257 e. The largest absolute Gasteiger partial charge is 0.491 e. The van der Waals surface area contributed by atoms with Crippen LogP contribution in [0.15, 0.2) is 42.5 Å². The van der Waals surface area contributed by atoms with E-state index in [9.17, 15) is 18.4 Å². The summed E-state index contributed by atoms with van der Waals surface area (Å²) in [6.07, 6.45) is 2.97. The van der Waals surface area contributed by atoms with E-state index in [1.165, 1.54) is 0 Å². The van der Waals surface area contributed by atoms with Crippen molar-refractivity contribution in [3.63, 3.8) is 0 Å². The molecule has 0 unspecified atom stereocenters. The highest BCUT2D eigenvalue weighted by Gasteiger charge is 2.28. The molecular weight excluding hydrogens is 426 g/mol. The van der Waals surface area contributed by atoms with Gasteiger partial charge in [-0.25, -0.2) is 8.78 Å². The van der Waals surface area contributed by atoms with Gasteiger partial charge in [0.15, 0.2) is 0 Å². The van der Waals surface area contributed by atoms with E-state index in [4.69, 9.17) is 4.74 Å². The second-order valence-electron chi connectivity index (χ2n) is 9.03. The fourth-order valence-corrected chi connectivity index (χ4v) is 4.19. The molecule has 1 atom stereocenters. The average molecular weight is 459 g/mol. The van der Waals surface area contributed by atoms with Gasteiger partial charge in [-0.2, -0.15) is 0 Å². The van der Waals surface area contributed by atoms with Crippen LogP contribution in [-0.2, 0) is 0 Å². The molecule has 178 valence electrons. The Morgan fingerprint density at radius 1 is 1.06 bits per heavy atom. The van der Waals surface area contributed by atoms with Gasteiger partial charge in [0, 0.05) is 31.8 Å². The maximum absolute atomic E-state index is 13.8. The van der Waals surface area contributed by atoms with Crippen LogP contribution in [-0.4, -0.2) is 54.4 Å². The number of hydrogen-bond donors (Lipinski definition) is 0. The summed E-state index contributed by atoms with van der Waals surface area (Å²) in [7, 11) is 1.77. The summed E-state index contributed by atoms with van der Waals surface area (Å²) < 4.78 is 33.8. The number of para-hydroxylation sites is 1. The molecule has 0 bridgehead atoms. The molecule has 2 aromatic rings. The lowest BCUT2D eigenvalue weighted by atomic mass is 10.0. The van der Waals surface area contributed by atoms with E-state index in [0.29, 0.717) is 37.2 Å². The predicted octanol–water partition coefficient (Wildman–Crippen LogP) is 5.16. The summed E-state index contributed by atoms with van der Waals surface area (Å²) in [5.41, 5.74) is 0.466. The highest BCUT2D eigenvalue weighted by Crippen LogP contribution is 2.24. The van der Waals surface area contributed by atoms with Crippen LogP contribution in [0.1, 0.15) is 60.2 Å². The molecule has 2 aromatic carbocycles. The van der Waals surface area contributed by atoms with Crippen LogP contribution in [0.25, 0.3) is 0 Å². The summed E-state index contributed by atoms with van der Waals surface area (Å²) in [5, 5.41) is 0. The Labute approximate surface area is 194 Å². The molecule has 0 saturated heterocycles. The first kappa shape index (κ1) is 24.7. The van der Waals surface area contributed by atoms with Gasteiger partial charge in [-0.05, 0) is 55.9 Å². The maximum Gasteiger partial charge on any atom is 0.257 e. The van der Waals surface area contributed by atoms with E-state index < -0.39 is 17.5 Å². The monoisotopic (exact) mass is 458 g/mol. The molecule has 0 saturated carbocycles. The molecule has 5 nitrogen and oxygen atoms in total. The summed E-state index contributed by atoms with van der Waals surface area (Å²) >= 11 is 0. The van der Waals surface area contributed by atoms with Crippen molar-refractivity contribution >= 4 is 11.8 Å². The van der Waals surface area contributed by atoms with E-state index in [1.54, 1.807) is 41.1 Å². The molecule has 0 radical (unpaired) electrons. The SMILES string of the molecule is CC(C)C[C@H]1COc2ccccc2C(=O)N(C)CCCCCN1C(=O)c1cc(F)cc(F)c1. The third kappa shape index (κ3) is 6.53. The number of fused-ring (bicyclic) bond motifs is 1. The van der Waals surface area contributed by atoms with Crippen LogP contribution in [0.3, 0.4) is 0 Å². The molecule has 0 aromatic heterocycles. The lowest BCUT2D eigenvalue weighted by molar-refractivity contribution is 0.0572. The number of hydrogen-bond acceptors (Lipinski definition) is 3. The minimum atomic E-state index is -0.781. The summed E-state index contributed by atoms with van der Waals surface area (Å²) in [6.45, 7) is 5.31. The minimum absolute atomic E-state index is 0.0131. The van der Waals surface area contributed by atoms with Gasteiger partial charge in [0.25, 0.3) is 11.8 Å². The molecule has 2 amide bonds. The van der Waals surface area contributed by atoms with Crippen molar-refractivity contribution in [3.8, 4) is 5.75 Å². The Kier molecular flexibility index (Phi) is 8.42. The molecular formula is C26H32F2N2O3. The zero-order valence-electron chi connectivity index (χ0n) is 19.5. The van der Waals surface area contributed by atoms with Gasteiger partial charge in [-0.3, -0.25) is 9.59 Å². The van der Waals surface area contributed by atoms with Crippen LogP contribution in [0.4, 0.5) is 8.78 Å². The van der Waals surface area contributed by atoms with Crippen molar-refractivity contribution in [1.29, 1.82) is 0 Å². The summed E-state index contributed by atoms with van der Waals surface area (Å²) in [6, 6.07) is 9.68. The van der Waals surface area contributed by atoms with E-state index in [1.807, 2.05) is 0 Å². The number of nitrogens with zero attached hydrogens (tertiary/aromatic N) is 2. The second kappa shape index (κ2) is 11.3. The van der Waals surface area contributed by atoms with Crippen LogP contribution in [0, 0.1) is 17.6 Å². The molecule has 1 aliphatic heterocycles. The molecule has 1 aliphatic rings. The third-order valence-electron chi connectivity index (χ3n) is 5.84. The molecule has 1 heterocycles. The van der Waals surface area contributed by atoms with Gasteiger partial charge in [-0.1, -0.05) is 26.0 Å². The number of halogens is 2. The number of rotatable bonds is 3. The quantitative estimate of drug-likeness (QED) is 0.639. The standard InChI is InChI=1S/C26H32F2N2O3/c1-18(2)13-22-17-33-24-10-6-5-9-23(24)26(32)29(3)11-7-4-8-12-30(22)25(31)19-14-20(27)16-21(28)15-19/h5-6,9-10,14-16,18,22H,4,7-8,11-13,17H2,1-3H3/t22-/m0/s1. The molecule has 7 heteroatoms. The van der Waals surface area contributed by atoms with Gasteiger partial charge in [0.05, 0.1) is 11.6 Å². The lowest BCUT2D eigenvalue weighted by Crippen LogP contribution is -2.45. The van der Waals surface area contributed by atoms with Crippen molar-refractivity contribution in [2.75, 3.05) is 26.7 Å². The molecule has 0 fully saturated rings. The molecule has 33 heavy (non-hydrogen) atoms. The highest BCUT2D eigenvalue weighted by atomic mass is 19.1. The Morgan fingerprint density at radius 2 is 1.73 bits per heavy atom. The summed E-state index contributed by atoms with van der Waals surface area (Å²) in [5.74, 6) is -1.36. The third-order valence-corrected chi connectivity index (χ3v) is 5.84. The van der Waals surface area contributed by atoms with Crippen molar-refractivity contribution in [2.24, 2.45) is 5.92 Å². The number of carbonyl (C=O) groups excluding carboxylic acids is 2. The predicted molar refractivity (Wildman–Crippen MR) is 123 cm³/mol. The Morgan fingerprint density at radius 3 is 2.42 bits per heavy atom. The van der Waals surface area contributed by atoms with Crippen LogP contribution in [0.2, 0.25) is 0 Å². The maximum atomic E-state index is 13.8. The zero-order chi connectivity index (χ0) is 24.0. The first-order chi connectivity index (χ1) is 15.8. The van der Waals surface area contributed by atoms with Crippen molar-refractivity contribution in [2.45, 2.75) is 45.6 Å². The molecule has 0 N–H and O–H groups in total. The van der Waals surface area contributed by atoms with Gasteiger partial charge in [0.1, 0.15) is 24.0 Å². The first-order valence-corrected chi connectivity index (χ1v) is 11.5. The zero-order valence-corrected chi connectivity index (χ0v) is 19.5. The van der Waals surface area contributed by atoms with Crippen molar-refractivity contribution in [3.05, 3.63) is 65.2 Å². The molecule has 0 spiro atoms. The summed E-state index contributed by atoms with van der Waals surface area (Å²) in [4.78, 5) is 29.7. The van der Waals surface area contributed by atoms with Gasteiger partial charge < -0.3 is 14.5 Å². The van der Waals surface area contributed by atoms with Crippen molar-refractivity contribution in [1.82, 2.24) is 9.80 Å². The Hall–Kier alpha value is -2.96. The van der Waals surface area contributed by atoms with Gasteiger partial charge >= 0.3 is 0 Å².